The van der Waals surface area contributed by atoms with Crippen LogP contribution in [0.15, 0.2) is 52.1 Å². The summed E-state index contributed by atoms with van der Waals surface area (Å²) in [4.78, 5) is 12.2. The van der Waals surface area contributed by atoms with Gasteiger partial charge in [0.15, 0.2) is 11.6 Å². The summed E-state index contributed by atoms with van der Waals surface area (Å²) in [6.45, 7) is 4.12. The first-order valence-electron chi connectivity index (χ1n) is 8.45. The number of hydrogen-bond donors (Lipinski definition) is 1. The second-order valence-corrected chi connectivity index (χ2v) is 7.00. The first kappa shape index (κ1) is 19.8. The van der Waals surface area contributed by atoms with E-state index < -0.39 is 22.8 Å². The maximum Gasteiger partial charge on any atom is 0.277 e. The van der Waals surface area contributed by atoms with Crippen LogP contribution in [0.3, 0.4) is 0 Å². The molecule has 2 aromatic carbocycles. The first-order chi connectivity index (χ1) is 13.5. The third-order valence-electron chi connectivity index (χ3n) is 3.65. The van der Waals surface area contributed by atoms with E-state index in [-0.39, 0.29) is 10.9 Å². The SMILES string of the molecule is CCOc1ccc(-c2nnc(S[C@H](C)C(=O)Nc3ccc(F)c(F)c3)o2)cc1. The van der Waals surface area contributed by atoms with Crippen molar-refractivity contribution < 1.29 is 22.7 Å². The highest BCUT2D eigenvalue weighted by Crippen LogP contribution is 2.28. The van der Waals surface area contributed by atoms with E-state index in [0.717, 1.165) is 35.2 Å². The molecule has 0 bridgehead atoms. The normalized spacial score (nSPS) is 11.9. The van der Waals surface area contributed by atoms with E-state index in [4.69, 9.17) is 9.15 Å². The zero-order valence-corrected chi connectivity index (χ0v) is 15.9. The fourth-order valence-corrected chi connectivity index (χ4v) is 2.94. The standard InChI is InChI=1S/C19H17F2N3O3S/c1-3-26-14-7-4-12(5-8-14)18-23-24-19(27-18)28-11(2)17(25)22-13-6-9-15(20)16(21)10-13/h4-11H,3H2,1-2H3,(H,22,25)/t11-/m1/s1. The number of ether oxygens (including phenoxy) is 1. The number of nitrogens with one attached hydrogen (secondary N) is 1. The van der Waals surface area contributed by atoms with Gasteiger partial charge in [-0.2, -0.15) is 0 Å². The molecule has 3 aromatic rings. The van der Waals surface area contributed by atoms with Crippen LogP contribution in [0.25, 0.3) is 11.5 Å². The first-order valence-corrected chi connectivity index (χ1v) is 9.33. The number of carbonyl (C=O) groups is 1. The highest BCUT2D eigenvalue weighted by atomic mass is 32.2. The largest absolute Gasteiger partial charge is 0.494 e. The van der Waals surface area contributed by atoms with Crippen molar-refractivity contribution in [3.63, 3.8) is 0 Å². The number of benzene rings is 2. The molecule has 1 N–H and O–H groups in total. The molecule has 1 aromatic heterocycles. The maximum absolute atomic E-state index is 13.2. The molecule has 1 amide bonds. The van der Waals surface area contributed by atoms with Gasteiger partial charge in [-0.15, -0.1) is 10.2 Å². The minimum Gasteiger partial charge on any atom is -0.494 e. The van der Waals surface area contributed by atoms with Crippen molar-refractivity contribution in [2.24, 2.45) is 0 Å². The van der Waals surface area contributed by atoms with Gasteiger partial charge in [0.1, 0.15) is 5.75 Å². The van der Waals surface area contributed by atoms with Crippen LogP contribution in [-0.2, 0) is 4.79 Å². The molecule has 1 heterocycles. The minimum absolute atomic E-state index is 0.164. The highest BCUT2D eigenvalue weighted by Gasteiger charge is 2.19. The number of nitrogens with zero attached hydrogens (tertiary/aromatic N) is 2. The smallest absolute Gasteiger partial charge is 0.277 e. The highest BCUT2D eigenvalue weighted by molar-refractivity contribution is 8.00. The summed E-state index contributed by atoms with van der Waals surface area (Å²) in [7, 11) is 0. The Kier molecular flexibility index (Phi) is 6.25. The number of carbonyl (C=O) groups excluding carboxylic acids is 1. The zero-order valence-electron chi connectivity index (χ0n) is 15.1. The number of halogens is 2. The zero-order chi connectivity index (χ0) is 20.1. The number of rotatable bonds is 7. The van der Waals surface area contributed by atoms with Crippen molar-refractivity contribution in [1.82, 2.24) is 10.2 Å². The molecule has 1 atom stereocenters. The molecule has 0 aliphatic carbocycles. The predicted molar refractivity (Wildman–Crippen MR) is 101 cm³/mol. The third kappa shape index (κ3) is 4.86. The van der Waals surface area contributed by atoms with E-state index in [2.05, 4.69) is 15.5 Å². The van der Waals surface area contributed by atoms with Crippen molar-refractivity contribution in [1.29, 1.82) is 0 Å². The van der Waals surface area contributed by atoms with Gasteiger partial charge in [0.05, 0.1) is 11.9 Å². The lowest BCUT2D eigenvalue weighted by atomic mass is 10.2. The van der Waals surface area contributed by atoms with Crippen molar-refractivity contribution in [3.05, 3.63) is 54.1 Å². The van der Waals surface area contributed by atoms with Crippen LogP contribution in [0.4, 0.5) is 14.5 Å². The number of thioether (sulfide) groups is 1. The molecule has 28 heavy (non-hydrogen) atoms. The summed E-state index contributed by atoms with van der Waals surface area (Å²) >= 11 is 1.06. The van der Waals surface area contributed by atoms with Gasteiger partial charge in [0, 0.05) is 17.3 Å². The monoisotopic (exact) mass is 405 g/mol. The van der Waals surface area contributed by atoms with Crippen LogP contribution >= 0.6 is 11.8 Å². The molecule has 0 unspecified atom stereocenters. The van der Waals surface area contributed by atoms with Gasteiger partial charge in [-0.05, 0) is 50.2 Å². The molecule has 0 fully saturated rings. The van der Waals surface area contributed by atoms with Gasteiger partial charge in [-0.1, -0.05) is 11.8 Å². The Hall–Kier alpha value is -2.94. The van der Waals surface area contributed by atoms with E-state index in [9.17, 15) is 13.6 Å². The topological polar surface area (TPSA) is 77.2 Å². The fraction of sp³-hybridized carbons (Fsp3) is 0.211. The Labute approximate surface area is 164 Å². The van der Waals surface area contributed by atoms with E-state index in [1.807, 2.05) is 6.92 Å². The Bertz CT molecular complexity index is 963. The van der Waals surface area contributed by atoms with Crippen molar-refractivity contribution in [2.45, 2.75) is 24.3 Å². The summed E-state index contributed by atoms with van der Waals surface area (Å²) in [5.74, 6) is -1.36. The van der Waals surface area contributed by atoms with Gasteiger partial charge in [-0.3, -0.25) is 4.79 Å². The Morgan fingerprint density at radius 2 is 1.93 bits per heavy atom. The van der Waals surface area contributed by atoms with Gasteiger partial charge in [0.2, 0.25) is 11.8 Å². The van der Waals surface area contributed by atoms with E-state index in [1.165, 1.54) is 6.07 Å². The lowest BCUT2D eigenvalue weighted by Crippen LogP contribution is -2.22. The molecule has 0 aliphatic rings. The molecular formula is C19H17F2N3O3S. The lowest BCUT2D eigenvalue weighted by molar-refractivity contribution is -0.115. The van der Waals surface area contributed by atoms with Crippen LogP contribution in [0, 0.1) is 11.6 Å². The molecule has 0 spiro atoms. The summed E-state index contributed by atoms with van der Waals surface area (Å²) in [6, 6.07) is 10.3. The van der Waals surface area contributed by atoms with Gasteiger partial charge in [-0.25, -0.2) is 8.78 Å². The van der Waals surface area contributed by atoms with Crippen molar-refractivity contribution in [3.8, 4) is 17.2 Å². The molecule has 9 heteroatoms. The van der Waals surface area contributed by atoms with Gasteiger partial charge in [0.25, 0.3) is 5.22 Å². The molecule has 146 valence electrons. The second kappa shape index (κ2) is 8.83. The molecule has 6 nitrogen and oxygen atoms in total. The number of aromatic nitrogens is 2. The van der Waals surface area contributed by atoms with Crippen molar-refractivity contribution >= 4 is 23.4 Å². The van der Waals surface area contributed by atoms with Crippen LogP contribution in [0.2, 0.25) is 0 Å². The average molecular weight is 405 g/mol. The maximum atomic E-state index is 13.2. The predicted octanol–water partition coefficient (Wildman–Crippen LogP) is 4.53. The summed E-state index contributed by atoms with van der Waals surface area (Å²) in [5.41, 5.74) is 0.888. The molecular weight excluding hydrogens is 388 g/mol. The number of amides is 1. The molecule has 0 aliphatic heterocycles. The van der Waals surface area contributed by atoms with E-state index in [0.29, 0.717) is 12.5 Å². The number of anilines is 1. The summed E-state index contributed by atoms with van der Waals surface area (Å²) in [6.07, 6.45) is 0. The van der Waals surface area contributed by atoms with Crippen molar-refractivity contribution in [2.75, 3.05) is 11.9 Å². The van der Waals surface area contributed by atoms with Crippen LogP contribution in [0.1, 0.15) is 13.8 Å². The molecule has 0 saturated carbocycles. The van der Waals surface area contributed by atoms with Crippen LogP contribution in [-0.4, -0.2) is 28.0 Å². The van der Waals surface area contributed by atoms with E-state index in [1.54, 1.807) is 31.2 Å². The fourth-order valence-electron chi connectivity index (χ4n) is 2.26. The van der Waals surface area contributed by atoms with Gasteiger partial charge >= 0.3 is 0 Å². The van der Waals surface area contributed by atoms with Gasteiger partial charge < -0.3 is 14.5 Å². The lowest BCUT2D eigenvalue weighted by Gasteiger charge is -2.10. The Balaban J connectivity index is 1.61. The van der Waals surface area contributed by atoms with Crippen LogP contribution in [0.5, 0.6) is 5.75 Å². The van der Waals surface area contributed by atoms with Crippen LogP contribution < -0.4 is 10.1 Å². The second-order valence-electron chi connectivity index (χ2n) is 5.71. The average Bonchev–Trinajstić information content (AvgIpc) is 3.14. The Morgan fingerprint density at radius 1 is 1.18 bits per heavy atom. The summed E-state index contributed by atoms with van der Waals surface area (Å²) in [5, 5.41) is 10.1. The minimum atomic E-state index is -1.03. The third-order valence-corrected chi connectivity index (χ3v) is 4.59. The molecule has 0 saturated heterocycles. The van der Waals surface area contributed by atoms with E-state index >= 15 is 0 Å². The number of hydrogen-bond acceptors (Lipinski definition) is 6. The molecule has 0 radical (unpaired) electrons. The quantitative estimate of drug-likeness (QED) is 0.582. The Morgan fingerprint density at radius 3 is 2.61 bits per heavy atom. The molecule has 3 rings (SSSR count). The summed E-state index contributed by atoms with van der Waals surface area (Å²) < 4.78 is 37.2.